The molecule has 1 aromatic rings. The number of rotatable bonds is 2. The molecular weight excluding hydrogens is 200 g/mol. The quantitative estimate of drug-likeness (QED) is 0.826. The Morgan fingerprint density at radius 2 is 2.06 bits per heavy atom. The van der Waals surface area contributed by atoms with Crippen LogP contribution in [0.5, 0.6) is 5.75 Å². The van der Waals surface area contributed by atoms with Gasteiger partial charge in [0.15, 0.2) is 0 Å². The number of aliphatic hydroxyl groups is 1. The van der Waals surface area contributed by atoms with Crippen molar-refractivity contribution in [1.82, 2.24) is 0 Å². The smallest absolute Gasteiger partial charge is 0.123 e. The Morgan fingerprint density at radius 3 is 2.75 bits per heavy atom. The SMILES string of the molecule is CC1(C)Cc2cc(CC3(O)CC3)ccc2O1. The molecule has 16 heavy (non-hydrogen) atoms. The van der Waals surface area contributed by atoms with Crippen molar-refractivity contribution in [3.8, 4) is 5.75 Å². The standard InChI is InChI=1S/C14H18O2/c1-13(2)9-11-7-10(3-4-12(11)16-13)8-14(15)5-6-14/h3-4,7,15H,5-6,8-9H2,1-2H3. The molecule has 0 aromatic heterocycles. The van der Waals surface area contributed by atoms with E-state index < -0.39 is 5.60 Å². The van der Waals surface area contributed by atoms with Gasteiger partial charge in [-0.3, -0.25) is 0 Å². The van der Waals surface area contributed by atoms with Gasteiger partial charge in [-0.2, -0.15) is 0 Å². The molecule has 1 aliphatic carbocycles. The van der Waals surface area contributed by atoms with E-state index in [1.54, 1.807) is 0 Å². The molecular formula is C14H18O2. The van der Waals surface area contributed by atoms with Gasteiger partial charge < -0.3 is 9.84 Å². The fourth-order valence-corrected chi connectivity index (χ4v) is 2.47. The van der Waals surface area contributed by atoms with E-state index in [4.69, 9.17) is 4.74 Å². The fourth-order valence-electron chi connectivity index (χ4n) is 2.47. The van der Waals surface area contributed by atoms with Crippen LogP contribution in [-0.4, -0.2) is 16.3 Å². The molecule has 2 aliphatic rings. The van der Waals surface area contributed by atoms with Gasteiger partial charge in [0.1, 0.15) is 11.4 Å². The first-order chi connectivity index (χ1) is 7.46. The molecule has 0 amide bonds. The van der Waals surface area contributed by atoms with Crippen LogP contribution in [0, 0.1) is 0 Å². The van der Waals surface area contributed by atoms with Crippen molar-refractivity contribution in [2.24, 2.45) is 0 Å². The second kappa shape index (κ2) is 3.01. The third-order valence-corrected chi connectivity index (χ3v) is 3.49. The lowest BCUT2D eigenvalue weighted by molar-refractivity contribution is 0.138. The molecule has 3 rings (SSSR count). The van der Waals surface area contributed by atoms with Crippen molar-refractivity contribution in [2.75, 3.05) is 0 Å². The summed E-state index contributed by atoms with van der Waals surface area (Å²) in [7, 11) is 0. The first-order valence-corrected chi connectivity index (χ1v) is 5.99. The first kappa shape index (κ1) is 10.2. The highest BCUT2D eigenvalue weighted by molar-refractivity contribution is 5.42. The summed E-state index contributed by atoms with van der Waals surface area (Å²) in [4.78, 5) is 0. The van der Waals surface area contributed by atoms with Gasteiger partial charge in [0.05, 0.1) is 5.60 Å². The lowest BCUT2D eigenvalue weighted by Gasteiger charge is -2.16. The van der Waals surface area contributed by atoms with Crippen molar-refractivity contribution in [3.63, 3.8) is 0 Å². The fraction of sp³-hybridized carbons (Fsp3) is 0.571. The number of hydrogen-bond acceptors (Lipinski definition) is 2. The van der Waals surface area contributed by atoms with Gasteiger partial charge in [-0.05, 0) is 43.9 Å². The summed E-state index contributed by atoms with van der Waals surface area (Å²) >= 11 is 0. The minimum absolute atomic E-state index is 0.0720. The van der Waals surface area contributed by atoms with Crippen molar-refractivity contribution in [3.05, 3.63) is 29.3 Å². The van der Waals surface area contributed by atoms with Crippen LogP contribution in [0.2, 0.25) is 0 Å². The molecule has 2 nitrogen and oxygen atoms in total. The monoisotopic (exact) mass is 218 g/mol. The molecule has 1 saturated carbocycles. The van der Waals surface area contributed by atoms with E-state index in [-0.39, 0.29) is 5.60 Å². The predicted molar refractivity (Wildman–Crippen MR) is 62.7 cm³/mol. The van der Waals surface area contributed by atoms with E-state index in [9.17, 15) is 5.11 Å². The van der Waals surface area contributed by atoms with Crippen LogP contribution in [-0.2, 0) is 12.8 Å². The Labute approximate surface area is 96.2 Å². The van der Waals surface area contributed by atoms with Gasteiger partial charge in [-0.1, -0.05) is 12.1 Å². The van der Waals surface area contributed by atoms with E-state index in [1.807, 2.05) is 6.07 Å². The Morgan fingerprint density at radius 1 is 1.31 bits per heavy atom. The highest BCUT2D eigenvalue weighted by Gasteiger charge is 2.40. The molecule has 0 radical (unpaired) electrons. The summed E-state index contributed by atoms with van der Waals surface area (Å²) in [5, 5.41) is 9.90. The van der Waals surface area contributed by atoms with Crippen LogP contribution in [0.15, 0.2) is 18.2 Å². The topological polar surface area (TPSA) is 29.5 Å². The maximum Gasteiger partial charge on any atom is 0.123 e. The zero-order valence-electron chi connectivity index (χ0n) is 9.92. The van der Waals surface area contributed by atoms with Gasteiger partial charge in [-0.25, -0.2) is 0 Å². The average Bonchev–Trinajstić information content (AvgIpc) is 2.78. The van der Waals surface area contributed by atoms with E-state index in [0.29, 0.717) is 0 Å². The molecule has 1 heterocycles. The van der Waals surface area contributed by atoms with Crippen molar-refractivity contribution in [2.45, 2.75) is 50.7 Å². The van der Waals surface area contributed by atoms with Crippen molar-refractivity contribution in [1.29, 1.82) is 0 Å². The Hall–Kier alpha value is -1.02. The number of benzene rings is 1. The molecule has 1 fully saturated rings. The Balaban J connectivity index is 1.84. The van der Waals surface area contributed by atoms with Crippen LogP contribution in [0.1, 0.15) is 37.8 Å². The molecule has 1 aliphatic heterocycles. The Bertz CT molecular complexity index is 430. The van der Waals surface area contributed by atoms with Crippen LogP contribution < -0.4 is 4.74 Å². The molecule has 0 atom stereocenters. The first-order valence-electron chi connectivity index (χ1n) is 5.99. The van der Waals surface area contributed by atoms with Crippen LogP contribution in [0.4, 0.5) is 0 Å². The summed E-state index contributed by atoms with van der Waals surface area (Å²) in [5.41, 5.74) is 2.05. The molecule has 0 saturated heterocycles. The third-order valence-electron chi connectivity index (χ3n) is 3.49. The second-order valence-corrected chi connectivity index (χ2v) is 5.88. The predicted octanol–water partition coefficient (Wildman–Crippen LogP) is 2.47. The van der Waals surface area contributed by atoms with E-state index in [0.717, 1.165) is 31.4 Å². The van der Waals surface area contributed by atoms with Gasteiger partial charge in [0.2, 0.25) is 0 Å². The highest BCUT2D eigenvalue weighted by atomic mass is 16.5. The highest BCUT2D eigenvalue weighted by Crippen LogP contribution is 2.40. The molecule has 1 N–H and O–H groups in total. The number of hydrogen-bond donors (Lipinski definition) is 1. The van der Waals surface area contributed by atoms with E-state index >= 15 is 0 Å². The molecule has 86 valence electrons. The van der Waals surface area contributed by atoms with Gasteiger partial charge >= 0.3 is 0 Å². The zero-order valence-corrected chi connectivity index (χ0v) is 9.92. The lowest BCUT2D eigenvalue weighted by Crippen LogP contribution is -2.24. The average molecular weight is 218 g/mol. The normalized spacial score (nSPS) is 23.7. The minimum atomic E-state index is -0.400. The maximum atomic E-state index is 9.90. The summed E-state index contributed by atoms with van der Waals surface area (Å²) in [6, 6.07) is 6.32. The molecule has 0 unspecified atom stereocenters. The Kier molecular flexibility index (Phi) is 1.91. The lowest BCUT2D eigenvalue weighted by atomic mass is 9.98. The number of fused-ring (bicyclic) bond motifs is 1. The minimum Gasteiger partial charge on any atom is -0.487 e. The summed E-state index contributed by atoms with van der Waals surface area (Å²) in [6.07, 6.45) is 3.66. The van der Waals surface area contributed by atoms with Crippen LogP contribution >= 0.6 is 0 Å². The van der Waals surface area contributed by atoms with Crippen molar-refractivity contribution >= 4 is 0 Å². The van der Waals surface area contributed by atoms with Gasteiger partial charge in [0, 0.05) is 12.8 Å². The molecule has 2 heteroatoms. The van der Waals surface area contributed by atoms with E-state index in [1.165, 1.54) is 11.1 Å². The van der Waals surface area contributed by atoms with Crippen LogP contribution in [0.3, 0.4) is 0 Å². The molecule has 0 spiro atoms. The van der Waals surface area contributed by atoms with Crippen molar-refractivity contribution < 1.29 is 9.84 Å². The van der Waals surface area contributed by atoms with Crippen LogP contribution in [0.25, 0.3) is 0 Å². The van der Waals surface area contributed by atoms with Gasteiger partial charge in [-0.15, -0.1) is 0 Å². The van der Waals surface area contributed by atoms with Gasteiger partial charge in [0.25, 0.3) is 0 Å². The largest absolute Gasteiger partial charge is 0.487 e. The summed E-state index contributed by atoms with van der Waals surface area (Å²) in [6.45, 7) is 4.22. The second-order valence-electron chi connectivity index (χ2n) is 5.88. The maximum absolute atomic E-state index is 9.90. The number of ether oxygens (including phenoxy) is 1. The third kappa shape index (κ3) is 1.82. The summed E-state index contributed by atoms with van der Waals surface area (Å²) < 4.78 is 5.83. The summed E-state index contributed by atoms with van der Waals surface area (Å²) in [5.74, 6) is 1.01. The van der Waals surface area contributed by atoms with E-state index in [2.05, 4.69) is 26.0 Å². The molecule has 1 aromatic carbocycles. The molecule has 0 bridgehead atoms. The zero-order chi connectivity index (χ0) is 11.4.